The van der Waals surface area contributed by atoms with E-state index in [0.717, 1.165) is 22.3 Å². The summed E-state index contributed by atoms with van der Waals surface area (Å²) in [5.74, 6) is -1.65. The van der Waals surface area contributed by atoms with Crippen molar-refractivity contribution in [3.8, 4) is 11.1 Å². The first-order valence-electron chi connectivity index (χ1n) is 11.8. The molecule has 7 heteroatoms. The van der Waals surface area contributed by atoms with E-state index < -0.39 is 29.4 Å². The van der Waals surface area contributed by atoms with Gasteiger partial charge in [-0.1, -0.05) is 69.3 Å². The average molecular weight is 465 g/mol. The molecule has 0 heterocycles. The van der Waals surface area contributed by atoms with E-state index in [1.54, 1.807) is 0 Å². The largest absolute Gasteiger partial charge is 0.481 e. The number of rotatable bonds is 6. The van der Waals surface area contributed by atoms with Crippen molar-refractivity contribution in [1.29, 1.82) is 0 Å². The predicted octanol–water partition coefficient (Wildman–Crippen LogP) is 4.31. The molecule has 7 nitrogen and oxygen atoms in total. The molecule has 4 rings (SSSR count). The van der Waals surface area contributed by atoms with Crippen LogP contribution in [0.3, 0.4) is 0 Å². The number of benzene rings is 2. The Morgan fingerprint density at radius 3 is 2.12 bits per heavy atom. The number of carbonyl (C=O) groups is 3. The maximum Gasteiger partial charge on any atom is 0.407 e. The van der Waals surface area contributed by atoms with Crippen LogP contribution in [0.4, 0.5) is 4.79 Å². The highest BCUT2D eigenvalue weighted by Crippen LogP contribution is 2.44. The number of carboxylic acid groups (broad SMARTS) is 1. The van der Waals surface area contributed by atoms with Gasteiger partial charge >= 0.3 is 12.1 Å². The van der Waals surface area contributed by atoms with Crippen LogP contribution in [0.2, 0.25) is 0 Å². The van der Waals surface area contributed by atoms with Crippen molar-refractivity contribution < 1.29 is 24.2 Å². The van der Waals surface area contributed by atoms with Crippen molar-refractivity contribution in [3.63, 3.8) is 0 Å². The lowest BCUT2D eigenvalue weighted by molar-refractivity contribution is -0.141. The lowest BCUT2D eigenvalue weighted by atomic mass is 9.86. The summed E-state index contributed by atoms with van der Waals surface area (Å²) >= 11 is 0. The van der Waals surface area contributed by atoms with Gasteiger partial charge in [-0.3, -0.25) is 9.59 Å². The Hall–Kier alpha value is -3.35. The summed E-state index contributed by atoms with van der Waals surface area (Å²) in [6.45, 7) is 5.78. The first-order chi connectivity index (χ1) is 16.1. The van der Waals surface area contributed by atoms with Crippen LogP contribution >= 0.6 is 0 Å². The number of hydrogen-bond acceptors (Lipinski definition) is 4. The Morgan fingerprint density at radius 2 is 1.59 bits per heavy atom. The second-order valence-electron chi connectivity index (χ2n) is 10.3. The molecule has 0 bridgehead atoms. The maximum atomic E-state index is 13.0. The zero-order valence-corrected chi connectivity index (χ0v) is 19.8. The van der Waals surface area contributed by atoms with Gasteiger partial charge in [-0.25, -0.2) is 4.79 Å². The Balaban J connectivity index is 1.39. The number of carbonyl (C=O) groups excluding carboxylic acids is 2. The minimum atomic E-state index is -0.833. The third-order valence-electron chi connectivity index (χ3n) is 6.86. The van der Waals surface area contributed by atoms with E-state index in [9.17, 15) is 19.5 Å². The third-order valence-corrected chi connectivity index (χ3v) is 6.86. The summed E-state index contributed by atoms with van der Waals surface area (Å²) < 4.78 is 5.63. The summed E-state index contributed by atoms with van der Waals surface area (Å²) in [6.07, 6.45) is 0.917. The van der Waals surface area contributed by atoms with Crippen LogP contribution in [0, 0.1) is 11.3 Å². The Kier molecular flexibility index (Phi) is 6.64. The van der Waals surface area contributed by atoms with E-state index in [1.165, 1.54) is 0 Å². The standard InChI is InChI=1S/C27H32N2O5/c1-27(2,3)23(24(30)28-17-13-12-16(14-17)25(31)32)29-26(33)34-15-22-20-10-6-4-8-18(20)19-9-5-7-11-21(19)22/h4-11,16-17,22-23H,12-15H2,1-3H3,(H,28,30)(H,29,33)(H,31,32)/t16?,17?,23-/m0/s1. The van der Waals surface area contributed by atoms with Crippen LogP contribution < -0.4 is 10.6 Å². The van der Waals surface area contributed by atoms with Gasteiger partial charge in [-0.15, -0.1) is 0 Å². The number of ether oxygens (including phenoxy) is 1. The lowest BCUT2D eigenvalue weighted by Gasteiger charge is -2.31. The summed E-state index contributed by atoms with van der Waals surface area (Å²) in [4.78, 5) is 37.0. The zero-order valence-electron chi connectivity index (χ0n) is 19.8. The number of hydrogen-bond donors (Lipinski definition) is 3. The van der Waals surface area contributed by atoms with Gasteiger partial charge in [0.15, 0.2) is 0 Å². The second kappa shape index (κ2) is 9.49. The fourth-order valence-corrected chi connectivity index (χ4v) is 5.05. The van der Waals surface area contributed by atoms with Gasteiger partial charge < -0.3 is 20.5 Å². The van der Waals surface area contributed by atoms with Crippen LogP contribution in [0.15, 0.2) is 48.5 Å². The smallest absolute Gasteiger partial charge is 0.407 e. The number of nitrogens with one attached hydrogen (secondary N) is 2. The highest BCUT2D eigenvalue weighted by atomic mass is 16.5. The van der Waals surface area contributed by atoms with Crippen LogP contribution in [-0.4, -0.2) is 41.8 Å². The van der Waals surface area contributed by atoms with E-state index in [0.29, 0.717) is 19.3 Å². The summed E-state index contributed by atoms with van der Waals surface area (Å²) in [6, 6.07) is 15.2. The number of alkyl carbamates (subject to hydrolysis) is 1. The molecule has 2 aliphatic rings. The lowest BCUT2D eigenvalue weighted by Crippen LogP contribution is -2.55. The van der Waals surface area contributed by atoms with Gasteiger partial charge in [-0.2, -0.15) is 0 Å². The molecule has 34 heavy (non-hydrogen) atoms. The molecule has 2 amide bonds. The monoisotopic (exact) mass is 464 g/mol. The first kappa shape index (κ1) is 23.8. The van der Waals surface area contributed by atoms with Crippen molar-refractivity contribution in [2.45, 2.75) is 58.0 Å². The highest BCUT2D eigenvalue weighted by molar-refractivity contribution is 5.87. The minimum absolute atomic E-state index is 0.0634. The van der Waals surface area contributed by atoms with E-state index in [-0.39, 0.29) is 24.5 Å². The number of aliphatic carboxylic acids is 1. The van der Waals surface area contributed by atoms with Crippen molar-refractivity contribution in [3.05, 3.63) is 59.7 Å². The Bertz CT molecular complexity index is 1040. The van der Waals surface area contributed by atoms with Crippen molar-refractivity contribution in [2.75, 3.05) is 6.61 Å². The fourth-order valence-electron chi connectivity index (χ4n) is 5.05. The summed E-state index contributed by atoms with van der Waals surface area (Å²) in [5.41, 5.74) is 3.98. The van der Waals surface area contributed by atoms with Gasteiger partial charge in [-0.05, 0) is 46.9 Å². The number of amides is 2. The number of fused-ring (bicyclic) bond motifs is 3. The zero-order chi connectivity index (χ0) is 24.5. The maximum absolute atomic E-state index is 13.0. The van der Waals surface area contributed by atoms with Crippen LogP contribution in [0.5, 0.6) is 0 Å². The molecule has 2 aliphatic carbocycles. The SMILES string of the molecule is CC(C)(C)[C@@H](NC(=O)OCC1c2ccccc2-c2ccccc21)C(=O)NC1CCC(C(=O)O)C1. The third kappa shape index (κ3) is 4.93. The van der Waals surface area contributed by atoms with Crippen LogP contribution in [0.25, 0.3) is 11.1 Å². The quantitative estimate of drug-likeness (QED) is 0.591. The summed E-state index contributed by atoms with van der Waals surface area (Å²) in [7, 11) is 0. The van der Waals surface area contributed by atoms with Gasteiger partial charge in [0.25, 0.3) is 0 Å². The topological polar surface area (TPSA) is 105 Å². The Labute approximate surface area is 199 Å². The predicted molar refractivity (Wildman–Crippen MR) is 128 cm³/mol. The van der Waals surface area contributed by atoms with Gasteiger partial charge in [0, 0.05) is 12.0 Å². The molecule has 180 valence electrons. The van der Waals surface area contributed by atoms with Crippen molar-refractivity contribution >= 4 is 18.0 Å². The van der Waals surface area contributed by atoms with E-state index >= 15 is 0 Å². The minimum Gasteiger partial charge on any atom is -0.481 e. The van der Waals surface area contributed by atoms with E-state index in [2.05, 4.69) is 34.9 Å². The molecule has 0 aliphatic heterocycles. The molecule has 0 radical (unpaired) electrons. The van der Waals surface area contributed by atoms with E-state index in [1.807, 2.05) is 45.0 Å². The molecule has 2 unspecified atom stereocenters. The molecule has 0 spiro atoms. The van der Waals surface area contributed by atoms with Gasteiger partial charge in [0.05, 0.1) is 5.92 Å². The first-order valence-corrected chi connectivity index (χ1v) is 11.8. The van der Waals surface area contributed by atoms with Gasteiger partial charge in [0.1, 0.15) is 12.6 Å². The molecule has 1 fully saturated rings. The molecule has 3 N–H and O–H groups in total. The molecular formula is C27H32N2O5. The normalized spacial score (nSPS) is 20.2. The fraction of sp³-hybridized carbons (Fsp3) is 0.444. The van der Waals surface area contributed by atoms with E-state index in [4.69, 9.17) is 4.74 Å². The molecule has 2 aromatic carbocycles. The molecule has 1 saturated carbocycles. The summed E-state index contributed by atoms with van der Waals surface area (Å²) in [5, 5.41) is 14.9. The van der Waals surface area contributed by atoms with Gasteiger partial charge in [0.2, 0.25) is 5.91 Å². The molecule has 0 aromatic heterocycles. The van der Waals surface area contributed by atoms with Crippen LogP contribution in [-0.2, 0) is 14.3 Å². The highest BCUT2D eigenvalue weighted by Gasteiger charge is 2.37. The number of carboxylic acids is 1. The second-order valence-corrected chi connectivity index (χ2v) is 10.3. The Morgan fingerprint density at radius 1 is 1.00 bits per heavy atom. The average Bonchev–Trinajstić information content (AvgIpc) is 3.38. The van der Waals surface area contributed by atoms with Crippen molar-refractivity contribution in [2.24, 2.45) is 11.3 Å². The molecule has 3 atom stereocenters. The molecule has 2 aromatic rings. The van der Waals surface area contributed by atoms with Crippen molar-refractivity contribution in [1.82, 2.24) is 10.6 Å². The molecule has 0 saturated heterocycles. The van der Waals surface area contributed by atoms with Crippen LogP contribution in [0.1, 0.15) is 57.1 Å². The molecular weight excluding hydrogens is 432 g/mol.